The maximum Gasteiger partial charge on any atom is 0.453 e. The van der Waals surface area contributed by atoms with Crippen molar-refractivity contribution in [1.29, 1.82) is 0 Å². The zero-order valence-electron chi connectivity index (χ0n) is 15.7. The van der Waals surface area contributed by atoms with Crippen LogP contribution in [0.15, 0.2) is 0 Å². The molecular weight excluding hydrogens is 367 g/mol. The Morgan fingerprint density at radius 3 is 2.26 bits per heavy atom. The van der Waals surface area contributed by atoms with Gasteiger partial charge in [0.1, 0.15) is 0 Å². The van der Waals surface area contributed by atoms with Crippen LogP contribution < -0.4 is 0 Å². The minimum atomic E-state index is -5.49. The lowest BCUT2D eigenvalue weighted by Gasteiger charge is -2.59. The molecule has 0 bridgehead atoms. The third-order valence-electron chi connectivity index (χ3n) is 8.84. The molecule has 0 spiro atoms. The van der Waals surface area contributed by atoms with Crippen molar-refractivity contribution in [2.45, 2.75) is 70.9 Å². The lowest BCUT2D eigenvalue weighted by molar-refractivity contribution is -0.316. The molecule has 4 aliphatic rings. The fraction of sp³-hybridized carbons (Fsp3) is 0.950. The number of hydrogen-bond acceptors (Lipinski definition) is 2. The predicted octanol–water partition coefficient (Wildman–Crippen LogP) is 5.61. The summed E-state index contributed by atoms with van der Waals surface area (Å²) in [7, 11) is 0. The second-order valence-corrected chi connectivity index (χ2v) is 9.82. The Balaban J connectivity index is 1.62. The molecule has 1 aliphatic heterocycles. The molecule has 3 saturated carbocycles. The summed E-state index contributed by atoms with van der Waals surface area (Å²) in [5, 5.41) is 0. The smallest absolute Gasteiger partial charge is 0.453 e. The summed E-state index contributed by atoms with van der Waals surface area (Å²) in [6, 6.07) is 0. The van der Waals surface area contributed by atoms with Crippen molar-refractivity contribution in [3.05, 3.63) is 0 Å². The van der Waals surface area contributed by atoms with E-state index in [1.54, 1.807) is 6.92 Å². The Bertz CT molecular complexity index is 632. The van der Waals surface area contributed by atoms with Crippen molar-refractivity contribution >= 4 is 5.97 Å². The van der Waals surface area contributed by atoms with Crippen LogP contribution >= 0.6 is 0 Å². The van der Waals surface area contributed by atoms with Gasteiger partial charge in [-0.3, -0.25) is 4.79 Å². The number of hydrogen-bond donors (Lipinski definition) is 0. The van der Waals surface area contributed by atoms with Crippen molar-refractivity contribution in [3.63, 3.8) is 0 Å². The standard InChI is InChI=1S/C20H27F5O2/c1-17-8-7-14-12(4-3-11-9-16(26)27-10-18(11,14)2)13(17)5-6-15(17)19(21,22)20(23,24)25/h11-15H,3-10H2,1-2H3/t11-,12-,13-,14-,15+,17-,18-/m0/s1. The van der Waals surface area contributed by atoms with E-state index >= 15 is 0 Å². The van der Waals surface area contributed by atoms with Gasteiger partial charge in [0, 0.05) is 17.8 Å². The first-order valence-electron chi connectivity index (χ1n) is 10.0. The molecule has 0 N–H and O–H groups in total. The Kier molecular flexibility index (Phi) is 4.19. The van der Waals surface area contributed by atoms with Crippen LogP contribution in [-0.4, -0.2) is 24.7 Å². The molecule has 7 atom stereocenters. The van der Waals surface area contributed by atoms with Gasteiger partial charge in [-0.25, -0.2) is 0 Å². The van der Waals surface area contributed by atoms with E-state index in [1.165, 1.54) is 0 Å². The summed E-state index contributed by atoms with van der Waals surface area (Å²) in [4.78, 5) is 11.7. The van der Waals surface area contributed by atoms with Crippen molar-refractivity contribution < 1.29 is 31.5 Å². The van der Waals surface area contributed by atoms with E-state index in [2.05, 4.69) is 6.92 Å². The number of carbonyl (C=O) groups is 1. The Morgan fingerprint density at radius 2 is 1.59 bits per heavy atom. The molecule has 0 amide bonds. The largest absolute Gasteiger partial charge is 0.465 e. The normalized spacial score (nSPS) is 47.7. The molecule has 0 aromatic heterocycles. The lowest BCUT2D eigenvalue weighted by atomic mass is 9.46. The van der Waals surface area contributed by atoms with Gasteiger partial charge in [0.05, 0.1) is 6.61 Å². The number of ether oxygens (including phenoxy) is 1. The predicted molar refractivity (Wildman–Crippen MR) is 87.9 cm³/mol. The van der Waals surface area contributed by atoms with Crippen LogP contribution in [0.5, 0.6) is 0 Å². The number of cyclic esters (lactones) is 1. The first-order valence-corrected chi connectivity index (χ1v) is 10.0. The van der Waals surface area contributed by atoms with Crippen molar-refractivity contribution in [1.82, 2.24) is 0 Å². The summed E-state index contributed by atoms with van der Waals surface area (Å²) in [6.07, 6.45) is -2.02. The molecule has 1 heterocycles. The Labute approximate surface area is 156 Å². The number of rotatable bonds is 1. The SMILES string of the molecule is C[C@]12COC(=O)C[C@@H]1CC[C@@H]1[C@@H]2CC[C@@]2(C)[C@H]1CC[C@H]2C(F)(F)C(F)(F)F. The van der Waals surface area contributed by atoms with Gasteiger partial charge in [0.25, 0.3) is 0 Å². The van der Waals surface area contributed by atoms with Crippen molar-refractivity contribution in [3.8, 4) is 0 Å². The lowest BCUT2D eigenvalue weighted by Crippen LogP contribution is -2.57. The Hall–Kier alpha value is -0.880. The van der Waals surface area contributed by atoms with E-state index in [4.69, 9.17) is 4.74 Å². The molecule has 4 fully saturated rings. The fourth-order valence-electron chi connectivity index (χ4n) is 7.38. The van der Waals surface area contributed by atoms with Gasteiger partial charge >= 0.3 is 18.1 Å². The fourth-order valence-corrected chi connectivity index (χ4v) is 7.38. The number of esters is 1. The molecule has 7 heteroatoms. The minimum Gasteiger partial charge on any atom is -0.465 e. The van der Waals surface area contributed by atoms with Gasteiger partial charge in [-0.15, -0.1) is 0 Å². The average Bonchev–Trinajstić information content (AvgIpc) is 2.92. The molecule has 0 radical (unpaired) electrons. The topological polar surface area (TPSA) is 26.3 Å². The number of carbonyl (C=O) groups excluding carboxylic acids is 1. The van der Waals surface area contributed by atoms with Crippen molar-refractivity contribution in [2.24, 2.45) is 40.4 Å². The van der Waals surface area contributed by atoms with E-state index in [0.717, 1.165) is 12.8 Å². The van der Waals surface area contributed by atoms with Crippen LogP contribution in [0.3, 0.4) is 0 Å². The summed E-state index contributed by atoms with van der Waals surface area (Å²) in [5.41, 5.74) is -1.16. The van der Waals surface area contributed by atoms with E-state index in [0.29, 0.717) is 32.3 Å². The Morgan fingerprint density at radius 1 is 0.926 bits per heavy atom. The zero-order valence-corrected chi connectivity index (χ0v) is 15.7. The van der Waals surface area contributed by atoms with Gasteiger partial charge in [-0.1, -0.05) is 13.8 Å². The van der Waals surface area contributed by atoms with Crippen LogP contribution in [0.25, 0.3) is 0 Å². The van der Waals surface area contributed by atoms with E-state index in [9.17, 15) is 26.7 Å². The number of halogens is 5. The van der Waals surface area contributed by atoms with Crippen LogP contribution in [0.2, 0.25) is 0 Å². The van der Waals surface area contributed by atoms with Crippen LogP contribution in [0.1, 0.15) is 58.8 Å². The third-order valence-corrected chi connectivity index (χ3v) is 8.84. The van der Waals surface area contributed by atoms with Gasteiger partial charge < -0.3 is 4.74 Å². The van der Waals surface area contributed by atoms with Gasteiger partial charge in [-0.05, 0) is 67.6 Å². The highest BCUT2D eigenvalue weighted by molar-refractivity contribution is 5.70. The van der Waals surface area contributed by atoms with Gasteiger partial charge in [-0.2, -0.15) is 22.0 Å². The maximum absolute atomic E-state index is 14.3. The second kappa shape index (κ2) is 5.82. The van der Waals surface area contributed by atoms with E-state index in [1.807, 2.05) is 0 Å². The molecule has 27 heavy (non-hydrogen) atoms. The van der Waals surface area contributed by atoms with Crippen LogP contribution in [-0.2, 0) is 9.53 Å². The number of fused-ring (bicyclic) bond motifs is 5. The summed E-state index contributed by atoms with van der Waals surface area (Å²) in [5.74, 6) is -5.93. The highest BCUT2D eigenvalue weighted by Gasteiger charge is 2.71. The summed E-state index contributed by atoms with van der Waals surface area (Å²) >= 11 is 0. The first kappa shape index (κ1) is 19.4. The molecular formula is C20H27F5O2. The zero-order chi connectivity index (χ0) is 19.8. The summed E-state index contributed by atoms with van der Waals surface area (Å²) < 4.78 is 73.1. The monoisotopic (exact) mass is 394 g/mol. The molecule has 3 aliphatic carbocycles. The highest BCUT2D eigenvalue weighted by Crippen LogP contribution is 2.69. The van der Waals surface area contributed by atoms with E-state index < -0.39 is 23.4 Å². The molecule has 1 saturated heterocycles. The van der Waals surface area contributed by atoms with Gasteiger partial charge in [0.2, 0.25) is 0 Å². The van der Waals surface area contributed by atoms with E-state index in [-0.39, 0.29) is 41.5 Å². The minimum absolute atomic E-state index is 0.0635. The van der Waals surface area contributed by atoms with Gasteiger partial charge in [0.15, 0.2) is 0 Å². The second-order valence-electron chi connectivity index (χ2n) is 9.82. The maximum atomic E-state index is 14.3. The van der Waals surface area contributed by atoms with Crippen LogP contribution in [0, 0.1) is 40.4 Å². The molecule has 154 valence electrons. The highest BCUT2D eigenvalue weighted by atomic mass is 19.4. The average molecular weight is 394 g/mol. The van der Waals surface area contributed by atoms with Crippen molar-refractivity contribution in [2.75, 3.05) is 6.61 Å². The number of alkyl halides is 5. The van der Waals surface area contributed by atoms with Crippen LogP contribution in [0.4, 0.5) is 22.0 Å². The molecule has 0 aromatic rings. The first-order chi connectivity index (χ1) is 12.4. The quantitative estimate of drug-likeness (QED) is 0.427. The molecule has 0 aromatic carbocycles. The third kappa shape index (κ3) is 2.58. The summed E-state index contributed by atoms with van der Waals surface area (Å²) in [6.45, 7) is 4.14. The molecule has 4 rings (SSSR count). The molecule has 0 unspecified atom stereocenters. The molecule has 2 nitrogen and oxygen atoms in total.